The maximum atomic E-state index is 13.5. The Morgan fingerprint density at radius 2 is 1.92 bits per heavy atom. The topological polar surface area (TPSA) is 66.2 Å². The molecule has 0 saturated heterocycles. The summed E-state index contributed by atoms with van der Waals surface area (Å²) in [6.07, 6.45) is 0. The minimum Gasteiger partial charge on any atom is -0.497 e. The fourth-order valence-electron chi connectivity index (χ4n) is 2.49. The summed E-state index contributed by atoms with van der Waals surface area (Å²) >= 11 is 5.89. The molecule has 0 spiro atoms. The molecule has 0 N–H and O–H groups in total. The Balaban J connectivity index is 2.05. The van der Waals surface area contributed by atoms with E-state index in [-0.39, 0.29) is 10.7 Å². The molecule has 134 valence electrons. The van der Waals surface area contributed by atoms with Crippen LogP contribution in [-0.4, -0.2) is 35.2 Å². The SMILES string of the molecule is COC(=O)c1nnn(Cc2ccc(OC)cc2)c1-c1ccc(F)c(Cl)c1. The number of benzene rings is 2. The van der Waals surface area contributed by atoms with Gasteiger partial charge in [0.15, 0.2) is 5.69 Å². The summed E-state index contributed by atoms with van der Waals surface area (Å²) in [7, 11) is 2.84. The molecule has 3 aromatic rings. The van der Waals surface area contributed by atoms with E-state index in [1.165, 1.54) is 30.0 Å². The van der Waals surface area contributed by atoms with Crippen LogP contribution in [-0.2, 0) is 11.3 Å². The number of rotatable bonds is 5. The normalized spacial score (nSPS) is 10.6. The number of esters is 1. The van der Waals surface area contributed by atoms with E-state index in [0.29, 0.717) is 17.8 Å². The van der Waals surface area contributed by atoms with E-state index in [1.54, 1.807) is 7.11 Å². The second-order valence-corrected chi connectivity index (χ2v) is 5.82. The van der Waals surface area contributed by atoms with Gasteiger partial charge in [-0.1, -0.05) is 28.9 Å². The van der Waals surface area contributed by atoms with Crippen molar-refractivity contribution in [2.45, 2.75) is 6.54 Å². The second-order valence-electron chi connectivity index (χ2n) is 5.41. The highest BCUT2D eigenvalue weighted by atomic mass is 35.5. The molecule has 0 aliphatic rings. The summed E-state index contributed by atoms with van der Waals surface area (Å²) in [5.41, 5.74) is 1.86. The monoisotopic (exact) mass is 375 g/mol. The van der Waals surface area contributed by atoms with Crippen LogP contribution in [0.1, 0.15) is 16.1 Å². The number of nitrogens with zero attached hydrogens (tertiary/aromatic N) is 3. The fourth-order valence-corrected chi connectivity index (χ4v) is 2.67. The quantitative estimate of drug-likeness (QED) is 0.638. The average Bonchev–Trinajstić information content (AvgIpc) is 3.07. The van der Waals surface area contributed by atoms with E-state index >= 15 is 0 Å². The molecular weight excluding hydrogens is 361 g/mol. The van der Waals surface area contributed by atoms with Gasteiger partial charge >= 0.3 is 5.97 Å². The van der Waals surface area contributed by atoms with Gasteiger partial charge in [0.25, 0.3) is 0 Å². The first-order chi connectivity index (χ1) is 12.5. The van der Waals surface area contributed by atoms with E-state index in [1.807, 2.05) is 24.3 Å². The zero-order valence-corrected chi connectivity index (χ0v) is 14.8. The third-order valence-corrected chi connectivity index (χ3v) is 4.09. The molecule has 1 heterocycles. The number of carbonyl (C=O) groups is 1. The molecule has 0 bridgehead atoms. The van der Waals surface area contributed by atoms with Gasteiger partial charge in [0.1, 0.15) is 17.3 Å². The predicted octanol–water partition coefficient (Wildman–Crippen LogP) is 3.58. The van der Waals surface area contributed by atoms with Crippen molar-refractivity contribution in [3.05, 3.63) is 64.6 Å². The van der Waals surface area contributed by atoms with E-state index in [9.17, 15) is 9.18 Å². The third-order valence-electron chi connectivity index (χ3n) is 3.80. The Morgan fingerprint density at radius 3 is 2.54 bits per heavy atom. The summed E-state index contributed by atoms with van der Waals surface area (Å²) in [6.45, 7) is 0.346. The van der Waals surface area contributed by atoms with Crippen LogP contribution in [0.2, 0.25) is 5.02 Å². The smallest absolute Gasteiger partial charge is 0.360 e. The van der Waals surface area contributed by atoms with Gasteiger partial charge in [0.2, 0.25) is 0 Å². The van der Waals surface area contributed by atoms with Crippen molar-refractivity contribution in [1.29, 1.82) is 0 Å². The van der Waals surface area contributed by atoms with E-state index in [0.717, 1.165) is 11.3 Å². The molecule has 0 fully saturated rings. The molecule has 26 heavy (non-hydrogen) atoms. The standard InChI is InChI=1S/C18H15ClFN3O3/c1-25-13-6-3-11(4-7-13)10-23-17(16(21-22-23)18(24)26-2)12-5-8-15(20)14(19)9-12/h3-9H,10H2,1-2H3. The Labute approximate surface area is 154 Å². The molecule has 0 amide bonds. The lowest BCUT2D eigenvalue weighted by Crippen LogP contribution is -2.07. The number of aromatic nitrogens is 3. The van der Waals surface area contributed by atoms with E-state index < -0.39 is 11.8 Å². The van der Waals surface area contributed by atoms with Gasteiger partial charge in [-0.2, -0.15) is 0 Å². The van der Waals surface area contributed by atoms with Gasteiger partial charge in [-0.15, -0.1) is 5.10 Å². The van der Waals surface area contributed by atoms with Crippen molar-refractivity contribution in [1.82, 2.24) is 15.0 Å². The predicted molar refractivity (Wildman–Crippen MR) is 93.9 cm³/mol. The van der Waals surface area contributed by atoms with Crippen molar-refractivity contribution in [3.8, 4) is 17.0 Å². The minimum atomic E-state index is -0.638. The molecule has 3 rings (SSSR count). The largest absolute Gasteiger partial charge is 0.497 e. The number of hydrogen-bond acceptors (Lipinski definition) is 5. The van der Waals surface area contributed by atoms with Gasteiger partial charge in [-0.25, -0.2) is 13.9 Å². The zero-order chi connectivity index (χ0) is 18.7. The lowest BCUT2D eigenvalue weighted by atomic mass is 10.1. The van der Waals surface area contributed by atoms with Gasteiger partial charge < -0.3 is 9.47 Å². The van der Waals surface area contributed by atoms with E-state index in [4.69, 9.17) is 21.1 Å². The van der Waals surface area contributed by atoms with Gasteiger partial charge in [-0.3, -0.25) is 0 Å². The number of ether oxygens (including phenoxy) is 2. The van der Waals surface area contributed by atoms with Gasteiger partial charge in [0.05, 0.1) is 25.8 Å². The van der Waals surface area contributed by atoms with Crippen molar-refractivity contribution < 1.29 is 18.7 Å². The fraction of sp³-hybridized carbons (Fsp3) is 0.167. The maximum absolute atomic E-state index is 13.5. The van der Waals surface area contributed by atoms with Crippen LogP contribution in [0.15, 0.2) is 42.5 Å². The molecule has 0 aliphatic heterocycles. The summed E-state index contributed by atoms with van der Waals surface area (Å²) in [6, 6.07) is 11.6. The van der Waals surface area contributed by atoms with Crippen molar-refractivity contribution in [2.75, 3.05) is 14.2 Å². The lowest BCUT2D eigenvalue weighted by Gasteiger charge is -2.09. The van der Waals surface area contributed by atoms with Crippen molar-refractivity contribution in [3.63, 3.8) is 0 Å². The van der Waals surface area contributed by atoms with Gasteiger partial charge in [0, 0.05) is 5.56 Å². The minimum absolute atomic E-state index is 0.0312. The lowest BCUT2D eigenvalue weighted by molar-refractivity contribution is 0.0595. The Morgan fingerprint density at radius 1 is 1.19 bits per heavy atom. The molecular formula is C18H15ClFN3O3. The van der Waals surface area contributed by atoms with Crippen molar-refractivity contribution in [2.24, 2.45) is 0 Å². The Kier molecular flexibility index (Phi) is 5.18. The van der Waals surface area contributed by atoms with Crippen LogP contribution in [0.25, 0.3) is 11.3 Å². The molecule has 2 aromatic carbocycles. The Bertz CT molecular complexity index is 941. The molecule has 0 aliphatic carbocycles. The van der Waals surface area contributed by atoms with Crippen LogP contribution in [0, 0.1) is 5.82 Å². The van der Waals surface area contributed by atoms with Crippen LogP contribution in [0.5, 0.6) is 5.75 Å². The summed E-state index contributed by atoms with van der Waals surface area (Å²) < 4.78 is 25.0. The first-order valence-corrected chi connectivity index (χ1v) is 8.01. The molecule has 1 aromatic heterocycles. The first kappa shape index (κ1) is 17.9. The van der Waals surface area contributed by atoms with E-state index in [2.05, 4.69) is 10.3 Å². The van der Waals surface area contributed by atoms with Crippen molar-refractivity contribution >= 4 is 17.6 Å². The maximum Gasteiger partial charge on any atom is 0.360 e. The summed E-state index contributed by atoms with van der Waals surface area (Å²) in [5, 5.41) is 7.91. The summed E-state index contributed by atoms with van der Waals surface area (Å²) in [5.74, 6) is -0.459. The number of methoxy groups -OCH3 is 2. The highest BCUT2D eigenvalue weighted by molar-refractivity contribution is 6.31. The number of hydrogen-bond donors (Lipinski definition) is 0. The van der Waals surface area contributed by atoms with Crippen LogP contribution in [0.4, 0.5) is 4.39 Å². The molecule has 6 nitrogen and oxygen atoms in total. The molecule has 0 unspecified atom stereocenters. The number of carbonyl (C=O) groups excluding carboxylic acids is 1. The van der Waals surface area contributed by atoms with Crippen LogP contribution < -0.4 is 4.74 Å². The highest BCUT2D eigenvalue weighted by Gasteiger charge is 2.22. The van der Waals surface area contributed by atoms with Crippen LogP contribution >= 0.6 is 11.6 Å². The van der Waals surface area contributed by atoms with Crippen LogP contribution in [0.3, 0.4) is 0 Å². The second kappa shape index (κ2) is 7.53. The first-order valence-electron chi connectivity index (χ1n) is 7.63. The average molecular weight is 376 g/mol. The number of halogens is 2. The summed E-state index contributed by atoms with van der Waals surface area (Å²) in [4.78, 5) is 12.0. The molecule has 8 heteroatoms. The molecule has 0 radical (unpaired) electrons. The Hall–Kier alpha value is -2.93. The zero-order valence-electron chi connectivity index (χ0n) is 14.1. The molecule has 0 atom stereocenters. The van der Waals surface area contributed by atoms with Gasteiger partial charge in [-0.05, 0) is 35.9 Å². The highest BCUT2D eigenvalue weighted by Crippen LogP contribution is 2.28. The molecule has 0 saturated carbocycles. The third kappa shape index (κ3) is 3.52.